The summed E-state index contributed by atoms with van der Waals surface area (Å²) in [5.74, 6) is 0.272. The van der Waals surface area contributed by atoms with Crippen LogP contribution in [0.15, 0.2) is 79.1 Å². The van der Waals surface area contributed by atoms with E-state index in [9.17, 15) is 14.7 Å². The van der Waals surface area contributed by atoms with Gasteiger partial charge < -0.3 is 5.11 Å². The van der Waals surface area contributed by atoms with E-state index in [0.717, 1.165) is 22.0 Å². The fourth-order valence-electron chi connectivity index (χ4n) is 4.10. The third kappa shape index (κ3) is 4.65. The molecule has 4 rings (SSSR count). The topological polar surface area (TPSA) is 75.4 Å². The number of carbonyl (C=O) groups excluding carboxylic acids is 1. The number of nitrogens with zero attached hydrogens (tertiary/aromatic N) is 3. The number of fused-ring (bicyclic) bond motifs is 1. The summed E-state index contributed by atoms with van der Waals surface area (Å²) in [5.41, 5.74) is 1.67. The Morgan fingerprint density at radius 1 is 0.970 bits per heavy atom. The molecule has 0 atom stereocenters. The molecule has 0 bridgehead atoms. The Balaban J connectivity index is 1.58. The summed E-state index contributed by atoms with van der Waals surface area (Å²) in [4.78, 5) is 30.8. The first-order valence-corrected chi connectivity index (χ1v) is 10.9. The van der Waals surface area contributed by atoms with Gasteiger partial charge in [-0.3, -0.25) is 14.3 Å². The average Bonchev–Trinajstić information content (AvgIpc) is 3.27. The van der Waals surface area contributed by atoms with Gasteiger partial charge in [0.05, 0.1) is 5.69 Å². The van der Waals surface area contributed by atoms with Gasteiger partial charge in [-0.25, -0.2) is 9.78 Å². The highest BCUT2D eigenvalue weighted by Gasteiger charge is 2.29. The summed E-state index contributed by atoms with van der Waals surface area (Å²) in [7, 11) is 0. The predicted molar refractivity (Wildman–Crippen MR) is 130 cm³/mol. The highest BCUT2D eigenvalue weighted by Crippen LogP contribution is 2.29. The minimum atomic E-state index is -1.02. The van der Waals surface area contributed by atoms with Crippen molar-refractivity contribution in [2.75, 3.05) is 4.90 Å². The van der Waals surface area contributed by atoms with E-state index in [1.807, 2.05) is 75.4 Å². The van der Waals surface area contributed by atoms with Crippen molar-refractivity contribution < 1.29 is 14.7 Å². The Hall–Kier alpha value is -3.93. The molecule has 0 aliphatic rings. The first-order chi connectivity index (χ1) is 15.8. The summed E-state index contributed by atoms with van der Waals surface area (Å²) < 4.78 is 1.80. The largest absolute Gasteiger partial charge is 0.465 e. The maximum Gasteiger partial charge on any atom is 0.412 e. The molecule has 0 radical (unpaired) electrons. The number of carbonyl (C=O) groups is 2. The zero-order chi connectivity index (χ0) is 23.6. The lowest BCUT2D eigenvalue weighted by Gasteiger charge is -2.34. The predicted octanol–water partition coefficient (Wildman–Crippen LogP) is 6.12. The van der Waals surface area contributed by atoms with E-state index >= 15 is 0 Å². The van der Waals surface area contributed by atoms with Crippen LogP contribution in [0.4, 0.5) is 10.5 Å². The fourth-order valence-corrected chi connectivity index (χ4v) is 4.10. The van der Waals surface area contributed by atoms with Crippen LogP contribution in [0.5, 0.6) is 0 Å². The first kappa shape index (κ1) is 22.3. The van der Waals surface area contributed by atoms with Gasteiger partial charge in [0.15, 0.2) is 11.6 Å². The highest BCUT2D eigenvalue weighted by atomic mass is 16.4. The third-order valence-electron chi connectivity index (χ3n) is 5.62. The van der Waals surface area contributed by atoms with E-state index in [4.69, 9.17) is 0 Å². The summed E-state index contributed by atoms with van der Waals surface area (Å²) in [5, 5.41) is 12.0. The molecular formula is C27H27N3O3. The van der Waals surface area contributed by atoms with Crippen LogP contribution in [-0.2, 0) is 6.42 Å². The van der Waals surface area contributed by atoms with Gasteiger partial charge in [-0.15, -0.1) is 0 Å². The van der Waals surface area contributed by atoms with Crippen molar-refractivity contribution in [3.05, 3.63) is 90.5 Å². The van der Waals surface area contributed by atoms with Gasteiger partial charge in [0.1, 0.15) is 0 Å². The highest BCUT2D eigenvalue weighted by molar-refractivity contribution is 5.94. The number of anilines is 1. The maximum absolute atomic E-state index is 13.1. The molecule has 0 saturated carbocycles. The number of rotatable bonds is 6. The smallest absolute Gasteiger partial charge is 0.412 e. The van der Waals surface area contributed by atoms with Crippen LogP contribution < -0.4 is 4.90 Å². The molecule has 0 saturated heterocycles. The number of para-hydroxylation sites is 1. The zero-order valence-electron chi connectivity index (χ0n) is 19.0. The van der Waals surface area contributed by atoms with Crippen LogP contribution in [0.25, 0.3) is 16.5 Å². The van der Waals surface area contributed by atoms with E-state index in [0.29, 0.717) is 17.9 Å². The molecule has 1 heterocycles. The second kappa shape index (κ2) is 8.90. The second-order valence-electron chi connectivity index (χ2n) is 8.99. The molecule has 1 N–H and O–H groups in total. The Labute approximate surface area is 193 Å². The van der Waals surface area contributed by atoms with Crippen molar-refractivity contribution in [1.29, 1.82) is 0 Å². The van der Waals surface area contributed by atoms with Crippen LogP contribution in [0.1, 0.15) is 43.4 Å². The van der Waals surface area contributed by atoms with Crippen LogP contribution >= 0.6 is 0 Å². The zero-order valence-corrected chi connectivity index (χ0v) is 19.0. The molecule has 6 nitrogen and oxygen atoms in total. The lowest BCUT2D eigenvalue weighted by atomic mass is 10.00. The van der Waals surface area contributed by atoms with E-state index in [-0.39, 0.29) is 12.2 Å². The lowest BCUT2D eigenvalue weighted by Crippen LogP contribution is -2.45. The molecule has 4 aromatic rings. The van der Waals surface area contributed by atoms with Gasteiger partial charge in [0.25, 0.3) is 0 Å². The molecule has 0 aliphatic carbocycles. The van der Waals surface area contributed by atoms with Crippen LogP contribution in [0.2, 0.25) is 0 Å². The molecular weight excluding hydrogens is 414 g/mol. The number of carboxylic acid groups (broad SMARTS) is 1. The summed E-state index contributed by atoms with van der Waals surface area (Å²) in [6.45, 7) is 5.55. The molecule has 0 unspecified atom stereocenters. The van der Waals surface area contributed by atoms with Gasteiger partial charge in [0.2, 0.25) is 0 Å². The van der Waals surface area contributed by atoms with Gasteiger partial charge in [-0.05, 0) is 61.7 Å². The van der Waals surface area contributed by atoms with Crippen LogP contribution in [0.3, 0.4) is 0 Å². The van der Waals surface area contributed by atoms with E-state index in [2.05, 4.69) is 11.1 Å². The Bertz CT molecular complexity index is 1320. The van der Waals surface area contributed by atoms with Crippen molar-refractivity contribution in [3.8, 4) is 5.69 Å². The molecule has 1 aromatic heterocycles. The van der Waals surface area contributed by atoms with E-state index in [1.165, 1.54) is 4.90 Å². The number of Topliss-reactive ketones (excluding diaryl/α,β-unsaturated/α-hetero) is 1. The molecule has 0 fully saturated rings. The van der Waals surface area contributed by atoms with Gasteiger partial charge in [0, 0.05) is 30.0 Å². The number of hydrogen-bond acceptors (Lipinski definition) is 3. The number of aromatic nitrogens is 2. The molecule has 3 aromatic carbocycles. The van der Waals surface area contributed by atoms with Crippen molar-refractivity contribution in [1.82, 2.24) is 9.55 Å². The number of aryl methyl sites for hydroxylation is 1. The molecule has 1 amide bonds. The first-order valence-electron chi connectivity index (χ1n) is 10.9. The molecule has 33 heavy (non-hydrogen) atoms. The van der Waals surface area contributed by atoms with Crippen molar-refractivity contribution in [2.24, 2.45) is 0 Å². The minimum absolute atomic E-state index is 0.0967. The number of amides is 1. The lowest BCUT2D eigenvalue weighted by molar-refractivity contribution is 0.0971. The van der Waals surface area contributed by atoms with Crippen LogP contribution in [0, 0.1) is 0 Å². The standard InChI is InChI=1S/C27H27N3O3/c1-27(2,3)30(26(32)33)23-11-7-6-9-20(23)13-15-24(31)25-28-16-17-29(25)22-14-12-19-8-4-5-10-21(19)18-22/h4-12,14,16-18H,13,15H2,1-3H3,(H,32,33). The van der Waals surface area contributed by atoms with Gasteiger partial charge >= 0.3 is 6.09 Å². The molecule has 0 aliphatic heterocycles. The Morgan fingerprint density at radius 2 is 1.67 bits per heavy atom. The summed E-state index contributed by atoms with van der Waals surface area (Å²) >= 11 is 0. The molecule has 168 valence electrons. The van der Waals surface area contributed by atoms with Crippen molar-refractivity contribution in [2.45, 2.75) is 39.2 Å². The second-order valence-corrected chi connectivity index (χ2v) is 8.99. The number of ketones is 1. The fraction of sp³-hybridized carbons (Fsp3) is 0.222. The quantitative estimate of drug-likeness (QED) is 0.366. The molecule has 0 spiro atoms. The van der Waals surface area contributed by atoms with Gasteiger partial charge in [-0.1, -0.05) is 48.5 Å². The monoisotopic (exact) mass is 441 g/mol. The Morgan fingerprint density at radius 3 is 2.39 bits per heavy atom. The normalized spacial score (nSPS) is 11.5. The van der Waals surface area contributed by atoms with Crippen molar-refractivity contribution >= 4 is 28.3 Å². The Kier molecular flexibility index (Phi) is 6.01. The molecule has 6 heteroatoms. The number of hydrogen-bond donors (Lipinski definition) is 1. The SMILES string of the molecule is CC(C)(C)N(C(=O)O)c1ccccc1CCC(=O)c1nccn1-c1ccc2ccccc2c1. The van der Waals surface area contributed by atoms with Gasteiger partial charge in [-0.2, -0.15) is 0 Å². The summed E-state index contributed by atoms with van der Waals surface area (Å²) in [6, 6.07) is 21.5. The van der Waals surface area contributed by atoms with Crippen molar-refractivity contribution in [3.63, 3.8) is 0 Å². The summed E-state index contributed by atoms with van der Waals surface area (Å²) in [6.07, 6.45) is 3.03. The third-order valence-corrected chi connectivity index (χ3v) is 5.62. The number of imidazole rings is 1. The average molecular weight is 442 g/mol. The number of benzene rings is 3. The van der Waals surface area contributed by atoms with E-state index in [1.54, 1.807) is 23.0 Å². The maximum atomic E-state index is 13.1. The van der Waals surface area contributed by atoms with E-state index < -0.39 is 11.6 Å². The van der Waals surface area contributed by atoms with Crippen LogP contribution in [-0.4, -0.2) is 32.1 Å². The minimum Gasteiger partial charge on any atom is -0.465 e.